The number of likely N-dealkylation sites (N-methyl/N-ethyl adjacent to an activating group) is 1. The Bertz CT molecular complexity index is 696. The van der Waals surface area contributed by atoms with E-state index < -0.39 is 0 Å². The largest absolute Gasteiger partial charge is 0.382 e. The fourth-order valence-electron chi connectivity index (χ4n) is 2.63. The molecule has 2 aromatic rings. The number of hydrogen-bond acceptors (Lipinski definition) is 5. The lowest BCUT2D eigenvalue weighted by molar-refractivity contribution is 0.102. The fraction of sp³-hybridized carbons (Fsp3) is 0.400. The smallest absolute Gasteiger partial charge is 0.257 e. The molecule has 0 bridgehead atoms. The molecule has 0 atom stereocenters. The van der Waals surface area contributed by atoms with Gasteiger partial charge in [0, 0.05) is 49.9 Å². The fourth-order valence-corrected chi connectivity index (χ4v) is 2.63. The Hall–Kier alpha value is -2.60. The summed E-state index contributed by atoms with van der Waals surface area (Å²) in [4.78, 5) is 21.0. The van der Waals surface area contributed by atoms with Crippen LogP contribution in [0.15, 0.2) is 42.7 Å². The zero-order chi connectivity index (χ0) is 18.9. The molecular formula is C20H29N5O. The van der Waals surface area contributed by atoms with Crippen LogP contribution >= 0.6 is 0 Å². The molecule has 2 N–H and O–H groups in total. The van der Waals surface area contributed by atoms with Gasteiger partial charge in [-0.1, -0.05) is 0 Å². The average Bonchev–Trinajstić information content (AvgIpc) is 2.64. The van der Waals surface area contributed by atoms with Gasteiger partial charge in [0.2, 0.25) is 0 Å². The second-order valence-corrected chi connectivity index (χ2v) is 6.37. The summed E-state index contributed by atoms with van der Waals surface area (Å²) in [6.07, 6.45) is 3.31. The van der Waals surface area contributed by atoms with Crippen molar-refractivity contribution in [3.63, 3.8) is 0 Å². The predicted molar refractivity (Wildman–Crippen MR) is 109 cm³/mol. The van der Waals surface area contributed by atoms with Gasteiger partial charge >= 0.3 is 0 Å². The maximum absolute atomic E-state index is 12.5. The summed E-state index contributed by atoms with van der Waals surface area (Å²) in [6, 6.07) is 9.73. The van der Waals surface area contributed by atoms with E-state index >= 15 is 0 Å². The SMILES string of the molecule is CCN(CC)c1ccc(NC(=O)c2cncc(NCCN(C)C)c2)cc1. The van der Waals surface area contributed by atoms with Gasteiger partial charge in [0.05, 0.1) is 11.3 Å². The number of benzene rings is 1. The van der Waals surface area contributed by atoms with Gasteiger partial charge in [0.15, 0.2) is 0 Å². The van der Waals surface area contributed by atoms with Crippen molar-refractivity contribution in [2.45, 2.75) is 13.8 Å². The summed E-state index contributed by atoms with van der Waals surface area (Å²) in [7, 11) is 4.05. The maximum Gasteiger partial charge on any atom is 0.257 e. The number of aromatic nitrogens is 1. The minimum atomic E-state index is -0.163. The summed E-state index contributed by atoms with van der Waals surface area (Å²) < 4.78 is 0. The van der Waals surface area contributed by atoms with Crippen molar-refractivity contribution in [3.05, 3.63) is 48.3 Å². The third kappa shape index (κ3) is 5.74. The van der Waals surface area contributed by atoms with Crippen molar-refractivity contribution in [3.8, 4) is 0 Å². The van der Waals surface area contributed by atoms with Crippen LogP contribution in [0.25, 0.3) is 0 Å². The Labute approximate surface area is 156 Å². The van der Waals surface area contributed by atoms with Crippen LogP contribution in [0.5, 0.6) is 0 Å². The minimum absolute atomic E-state index is 0.163. The number of nitrogens with one attached hydrogen (secondary N) is 2. The van der Waals surface area contributed by atoms with E-state index in [0.717, 1.165) is 43.2 Å². The number of nitrogens with zero attached hydrogens (tertiary/aromatic N) is 3. The van der Waals surface area contributed by atoms with E-state index in [2.05, 4.69) is 39.3 Å². The van der Waals surface area contributed by atoms with Crippen LogP contribution in [0.3, 0.4) is 0 Å². The molecule has 1 amide bonds. The van der Waals surface area contributed by atoms with E-state index in [1.165, 1.54) is 0 Å². The molecule has 0 aliphatic heterocycles. The Morgan fingerprint density at radius 2 is 1.73 bits per heavy atom. The zero-order valence-corrected chi connectivity index (χ0v) is 16.1. The first-order valence-electron chi connectivity index (χ1n) is 9.03. The van der Waals surface area contributed by atoms with Crippen molar-refractivity contribution in [1.82, 2.24) is 9.88 Å². The van der Waals surface area contributed by atoms with E-state index in [9.17, 15) is 4.79 Å². The van der Waals surface area contributed by atoms with E-state index in [1.54, 1.807) is 12.4 Å². The van der Waals surface area contributed by atoms with Crippen molar-refractivity contribution < 1.29 is 4.79 Å². The Balaban J connectivity index is 1.99. The molecule has 0 saturated carbocycles. The Morgan fingerprint density at radius 1 is 1.04 bits per heavy atom. The summed E-state index contributed by atoms with van der Waals surface area (Å²) in [5, 5.41) is 6.21. The number of pyridine rings is 1. The normalized spacial score (nSPS) is 10.7. The molecule has 0 saturated heterocycles. The molecule has 1 aromatic heterocycles. The molecule has 0 aliphatic carbocycles. The first-order chi connectivity index (χ1) is 12.5. The number of carbonyl (C=O) groups is 1. The van der Waals surface area contributed by atoms with Gasteiger partial charge in [0.1, 0.15) is 0 Å². The molecular weight excluding hydrogens is 326 g/mol. The van der Waals surface area contributed by atoms with E-state index in [0.29, 0.717) is 5.56 Å². The molecule has 26 heavy (non-hydrogen) atoms. The van der Waals surface area contributed by atoms with Gasteiger partial charge in [0.25, 0.3) is 5.91 Å². The predicted octanol–water partition coefficient (Wildman–Crippen LogP) is 3.15. The second-order valence-electron chi connectivity index (χ2n) is 6.37. The third-order valence-corrected chi connectivity index (χ3v) is 4.14. The monoisotopic (exact) mass is 355 g/mol. The molecule has 0 radical (unpaired) electrons. The molecule has 1 heterocycles. The van der Waals surface area contributed by atoms with Crippen LogP contribution in [0.4, 0.5) is 17.1 Å². The zero-order valence-electron chi connectivity index (χ0n) is 16.1. The standard InChI is InChI=1S/C20H29N5O/c1-5-25(6-2)19-9-7-17(8-10-19)23-20(26)16-13-18(15-21-14-16)22-11-12-24(3)4/h7-10,13-15,22H,5-6,11-12H2,1-4H3,(H,23,26). The first kappa shape index (κ1) is 19.7. The van der Waals surface area contributed by atoms with Gasteiger partial charge in [-0.25, -0.2) is 0 Å². The molecule has 1 aromatic carbocycles. The minimum Gasteiger partial charge on any atom is -0.382 e. The second kappa shape index (κ2) is 9.77. The lowest BCUT2D eigenvalue weighted by Gasteiger charge is -2.21. The van der Waals surface area contributed by atoms with Crippen LogP contribution < -0.4 is 15.5 Å². The molecule has 0 unspecified atom stereocenters. The highest BCUT2D eigenvalue weighted by atomic mass is 16.1. The Morgan fingerprint density at radius 3 is 2.35 bits per heavy atom. The summed E-state index contributed by atoms with van der Waals surface area (Å²) in [5.74, 6) is -0.163. The number of carbonyl (C=O) groups excluding carboxylic acids is 1. The van der Waals surface area contributed by atoms with Gasteiger partial charge < -0.3 is 20.4 Å². The summed E-state index contributed by atoms with van der Waals surface area (Å²) >= 11 is 0. The molecule has 0 spiro atoms. The summed E-state index contributed by atoms with van der Waals surface area (Å²) in [6.45, 7) is 7.89. The maximum atomic E-state index is 12.5. The van der Waals surface area contributed by atoms with Crippen LogP contribution in [0, 0.1) is 0 Å². The first-order valence-corrected chi connectivity index (χ1v) is 9.03. The van der Waals surface area contributed by atoms with Crippen molar-refractivity contribution in [2.75, 3.05) is 55.8 Å². The molecule has 140 valence electrons. The highest BCUT2D eigenvalue weighted by Crippen LogP contribution is 2.18. The van der Waals surface area contributed by atoms with Crippen LogP contribution in [0.2, 0.25) is 0 Å². The topological polar surface area (TPSA) is 60.5 Å². The molecule has 2 rings (SSSR count). The van der Waals surface area contributed by atoms with Crippen molar-refractivity contribution in [2.24, 2.45) is 0 Å². The van der Waals surface area contributed by atoms with Crippen molar-refractivity contribution in [1.29, 1.82) is 0 Å². The van der Waals surface area contributed by atoms with Crippen LogP contribution in [-0.4, -0.2) is 56.1 Å². The van der Waals surface area contributed by atoms with Gasteiger partial charge in [-0.2, -0.15) is 0 Å². The highest BCUT2D eigenvalue weighted by Gasteiger charge is 2.08. The quantitative estimate of drug-likeness (QED) is 0.724. The molecule has 0 fully saturated rings. The Kier molecular flexibility index (Phi) is 7.41. The van der Waals surface area contributed by atoms with Gasteiger partial charge in [-0.05, 0) is 58.3 Å². The van der Waals surface area contributed by atoms with Crippen LogP contribution in [-0.2, 0) is 0 Å². The highest BCUT2D eigenvalue weighted by molar-refractivity contribution is 6.04. The van der Waals surface area contributed by atoms with Gasteiger partial charge in [-0.15, -0.1) is 0 Å². The number of amides is 1. The molecule has 0 aliphatic rings. The lowest BCUT2D eigenvalue weighted by Crippen LogP contribution is -2.21. The van der Waals surface area contributed by atoms with E-state index in [-0.39, 0.29) is 5.91 Å². The van der Waals surface area contributed by atoms with E-state index in [4.69, 9.17) is 0 Å². The molecule has 6 nitrogen and oxygen atoms in total. The van der Waals surface area contributed by atoms with Gasteiger partial charge in [-0.3, -0.25) is 9.78 Å². The van der Waals surface area contributed by atoms with E-state index in [1.807, 2.05) is 44.4 Å². The number of hydrogen-bond donors (Lipinski definition) is 2. The van der Waals surface area contributed by atoms with Crippen molar-refractivity contribution >= 4 is 23.0 Å². The third-order valence-electron chi connectivity index (χ3n) is 4.14. The number of anilines is 3. The molecule has 6 heteroatoms. The number of rotatable bonds is 9. The average molecular weight is 355 g/mol. The summed E-state index contributed by atoms with van der Waals surface area (Å²) in [5.41, 5.74) is 3.31. The lowest BCUT2D eigenvalue weighted by atomic mass is 10.2. The van der Waals surface area contributed by atoms with Crippen LogP contribution in [0.1, 0.15) is 24.2 Å².